The van der Waals surface area contributed by atoms with E-state index in [4.69, 9.17) is 11.6 Å². The van der Waals surface area contributed by atoms with Crippen molar-refractivity contribution in [3.63, 3.8) is 0 Å². The number of nitrogens with zero attached hydrogens (tertiary/aromatic N) is 3. The Labute approximate surface area is 92.0 Å². The quantitative estimate of drug-likeness (QED) is 0.565. The first-order valence-electron chi connectivity index (χ1n) is 3.90. The molecule has 0 spiro atoms. The summed E-state index contributed by atoms with van der Waals surface area (Å²) < 4.78 is 24.4. The molecule has 2 rings (SSSR count). The number of rotatable bonds is 1. The Hall–Kier alpha value is -1.14. The molecule has 0 radical (unpaired) electrons. The molecule has 78 valence electrons. The SMILES string of the molecule is CS(=O)c1ncc2c(Cl)ncc(F)c2n1. The molecule has 0 saturated heterocycles. The maximum absolute atomic E-state index is 13.3. The molecular formula is C8H5ClFN3OS. The lowest BCUT2D eigenvalue weighted by atomic mass is 10.3. The molecule has 1 unspecified atom stereocenters. The van der Waals surface area contributed by atoms with Crippen LogP contribution in [0.1, 0.15) is 0 Å². The maximum atomic E-state index is 13.3. The van der Waals surface area contributed by atoms with Crippen LogP contribution >= 0.6 is 11.6 Å². The number of aromatic nitrogens is 3. The zero-order valence-electron chi connectivity index (χ0n) is 7.57. The van der Waals surface area contributed by atoms with Crippen LogP contribution in [0, 0.1) is 5.82 Å². The van der Waals surface area contributed by atoms with Crippen molar-refractivity contribution in [2.24, 2.45) is 0 Å². The van der Waals surface area contributed by atoms with E-state index in [2.05, 4.69) is 15.0 Å². The van der Waals surface area contributed by atoms with Gasteiger partial charge in [0.15, 0.2) is 5.82 Å². The van der Waals surface area contributed by atoms with Crippen LogP contribution in [0.5, 0.6) is 0 Å². The lowest BCUT2D eigenvalue weighted by molar-refractivity contribution is 0.628. The van der Waals surface area contributed by atoms with Crippen molar-refractivity contribution in [2.75, 3.05) is 6.26 Å². The third kappa shape index (κ3) is 1.82. The van der Waals surface area contributed by atoms with E-state index in [1.807, 2.05) is 0 Å². The first-order chi connectivity index (χ1) is 7.09. The van der Waals surface area contributed by atoms with Gasteiger partial charge in [0.1, 0.15) is 10.7 Å². The van der Waals surface area contributed by atoms with Gasteiger partial charge in [-0.1, -0.05) is 11.6 Å². The standard InChI is InChI=1S/C8H5ClFN3OS/c1-15(14)8-12-2-4-6(13-8)5(10)3-11-7(4)9/h2-3H,1H3. The Bertz CT molecular complexity index is 563. The average Bonchev–Trinajstić information content (AvgIpc) is 2.23. The predicted octanol–water partition coefficient (Wildman–Crippen LogP) is 1.55. The third-order valence-corrected chi connectivity index (χ3v) is 2.78. The minimum Gasteiger partial charge on any atom is -0.251 e. The van der Waals surface area contributed by atoms with Crippen molar-refractivity contribution < 1.29 is 8.60 Å². The Morgan fingerprint density at radius 3 is 2.80 bits per heavy atom. The van der Waals surface area contributed by atoms with Crippen LogP contribution in [0.4, 0.5) is 4.39 Å². The summed E-state index contributed by atoms with van der Waals surface area (Å²) in [4.78, 5) is 11.2. The zero-order chi connectivity index (χ0) is 11.0. The van der Waals surface area contributed by atoms with E-state index in [-0.39, 0.29) is 15.8 Å². The van der Waals surface area contributed by atoms with Crippen molar-refractivity contribution in [1.82, 2.24) is 15.0 Å². The van der Waals surface area contributed by atoms with Crippen LogP contribution in [0.3, 0.4) is 0 Å². The van der Waals surface area contributed by atoms with Crippen LogP contribution in [0.15, 0.2) is 17.6 Å². The summed E-state index contributed by atoms with van der Waals surface area (Å²) in [5, 5.41) is 0.509. The van der Waals surface area contributed by atoms with Gasteiger partial charge in [0, 0.05) is 12.5 Å². The van der Waals surface area contributed by atoms with E-state index in [1.54, 1.807) is 0 Å². The first kappa shape index (κ1) is 10.4. The van der Waals surface area contributed by atoms with Gasteiger partial charge in [-0.15, -0.1) is 0 Å². The molecule has 1 atom stereocenters. The molecular weight excluding hydrogens is 241 g/mol. The Morgan fingerprint density at radius 1 is 1.40 bits per heavy atom. The molecule has 0 aliphatic rings. The molecule has 0 aliphatic heterocycles. The second-order valence-electron chi connectivity index (χ2n) is 2.77. The van der Waals surface area contributed by atoms with E-state index in [0.717, 1.165) is 6.20 Å². The van der Waals surface area contributed by atoms with Crippen molar-refractivity contribution in [3.8, 4) is 0 Å². The highest BCUT2D eigenvalue weighted by molar-refractivity contribution is 7.84. The highest BCUT2D eigenvalue weighted by Crippen LogP contribution is 2.21. The van der Waals surface area contributed by atoms with Gasteiger partial charge in [-0.2, -0.15) is 0 Å². The molecule has 7 heteroatoms. The van der Waals surface area contributed by atoms with Crippen LogP contribution < -0.4 is 0 Å². The molecule has 15 heavy (non-hydrogen) atoms. The first-order valence-corrected chi connectivity index (χ1v) is 5.83. The van der Waals surface area contributed by atoms with Crippen molar-refractivity contribution in [3.05, 3.63) is 23.4 Å². The monoisotopic (exact) mass is 245 g/mol. The van der Waals surface area contributed by atoms with Crippen LogP contribution in [0.2, 0.25) is 5.15 Å². The van der Waals surface area contributed by atoms with Crippen molar-refractivity contribution >= 4 is 33.3 Å². The maximum Gasteiger partial charge on any atom is 0.218 e. The summed E-state index contributed by atoms with van der Waals surface area (Å²) in [6.07, 6.45) is 3.71. The van der Waals surface area contributed by atoms with Gasteiger partial charge in [0.2, 0.25) is 5.16 Å². The molecule has 0 amide bonds. The zero-order valence-corrected chi connectivity index (χ0v) is 9.14. The second-order valence-corrected chi connectivity index (χ2v) is 4.40. The van der Waals surface area contributed by atoms with Crippen LogP contribution in [0.25, 0.3) is 10.9 Å². The van der Waals surface area contributed by atoms with E-state index in [1.165, 1.54) is 12.5 Å². The number of hydrogen-bond acceptors (Lipinski definition) is 4. The van der Waals surface area contributed by atoms with E-state index in [0.29, 0.717) is 5.39 Å². The fourth-order valence-electron chi connectivity index (χ4n) is 1.08. The van der Waals surface area contributed by atoms with Gasteiger partial charge in [0.25, 0.3) is 0 Å². The van der Waals surface area contributed by atoms with Gasteiger partial charge in [0.05, 0.1) is 22.4 Å². The van der Waals surface area contributed by atoms with Gasteiger partial charge < -0.3 is 0 Å². The van der Waals surface area contributed by atoms with Gasteiger partial charge in [-0.25, -0.2) is 19.3 Å². The number of fused-ring (bicyclic) bond motifs is 1. The summed E-state index contributed by atoms with van der Waals surface area (Å²) in [6, 6.07) is 0. The molecule has 2 aromatic heterocycles. The molecule has 2 heterocycles. The normalized spacial score (nSPS) is 13.0. The lowest BCUT2D eigenvalue weighted by Gasteiger charge is -2.01. The Balaban J connectivity index is 2.81. The molecule has 0 bridgehead atoms. The summed E-state index contributed by atoms with van der Waals surface area (Å²) in [7, 11) is -1.35. The fraction of sp³-hybridized carbons (Fsp3) is 0.125. The topological polar surface area (TPSA) is 55.7 Å². The molecule has 0 N–H and O–H groups in total. The number of hydrogen-bond donors (Lipinski definition) is 0. The number of pyridine rings is 1. The van der Waals surface area contributed by atoms with Gasteiger partial charge in [-0.05, 0) is 0 Å². The minimum atomic E-state index is -1.35. The number of halogens is 2. The van der Waals surface area contributed by atoms with Crippen molar-refractivity contribution in [2.45, 2.75) is 5.16 Å². The molecule has 0 saturated carbocycles. The van der Waals surface area contributed by atoms with Gasteiger partial charge in [-0.3, -0.25) is 4.21 Å². The highest BCUT2D eigenvalue weighted by Gasteiger charge is 2.10. The van der Waals surface area contributed by atoms with Crippen molar-refractivity contribution in [1.29, 1.82) is 0 Å². The molecule has 0 aliphatic carbocycles. The molecule has 0 fully saturated rings. The second kappa shape index (κ2) is 3.79. The molecule has 0 aromatic carbocycles. The fourth-order valence-corrected chi connectivity index (χ4v) is 1.69. The molecule has 4 nitrogen and oxygen atoms in total. The van der Waals surface area contributed by atoms with E-state index < -0.39 is 16.6 Å². The lowest BCUT2D eigenvalue weighted by Crippen LogP contribution is -1.99. The highest BCUT2D eigenvalue weighted by atomic mass is 35.5. The largest absolute Gasteiger partial charge is 0.251 e. The Morgan fingerprint density at radius 2 is 2.13 bits per heavy atom. The summed E-state index contributed by atoms with van der Waals surface area (Å²) >= 11 is 5.73. The average molecular weight is 246 g/mol. The van der Waals surface area contributed by atoms with E-state index >= 15 is 0 Å². The predicted molar refractivity (Wildman–Crippen MR) is 54.6 cm³/mol. The summed E-state index contributed by atoms with van der Waals surface area (Å²) in [5.41, 5.74) is 0.0372. The van der Waals surface area contributed by atoms with Gasteiger partial charge >= 0.3 is 0 Å². The van der Waals surface area contributed by atoms with Crippen LogP contribution in [-0.2, 0) is 10.8 Å². The minimum absolute atomic E-state index is 0.0372. The smallest absolute Gasteiger partial charge is 0.218 e. The van der Waals surface area contributed by atoms with E-state index in [9.17, 15) is 8.60 Å². The summed E-state index contributed by atoms with van der Waals surface area (Å²) in [6.45, 7) is 0. The molecule has 2 aromatic rings. The Kier molecular flexibility index (Phi) is 2.62. The summed E-state index contributed by atoms with van der Waals surface area (Å²) in [5.74, 6) is -0.608. The van der Waals surface area contributed by atoms with Crippen LogP contribution in [-0.4, -0.2) is 25.4 Å². The third-order valence-electron chi connectivity index (χ3n) is 1.76.